The molecule has 2 N–H and O–H groups in total. The summed E-state index contributed by atoms with van der Waals surface area (Å²) in [6.07, 6.45) is 6.55. The molecule has 10 heteroatoms. The Morgan fingerprint density at radius 1 is 1.25 bits per heavy atom. The third-order valence-corrected chi connectivity index (χ3v) is 6.24. The van der Waals surface area contributed by atoms with Gasteiger partial charge in [0.25, 0.3) is 0 Å². The van der Waals surface area contributed by atoms with Crippen molar-refractivity contribution in [3.63, 3.8) is 0 Å². The van der Waals surface area contributed by atoms with E-state index in [0.29, 0.717) is 31.3 Å². The fourth-order valence-corrected chi connectivity index (χ4v) is 4.49. The average molecular weight is 519 g/mol. The van der Waals surface area contributed by atoms with Crippen molar-refractivity contribution in [1.82, 2.24) is 25.5 Å². The van der Waals surface area contributed by atoms with Gasteiger partial charge in [0, 0.05) is 70.4 Å². The number of halogens is 1. The van der Waals surface area contributed by atoms with Crippen LogP contribution in [0.2, 0.25) is 0 Å². The monoisotopic (exact) mass is 519 g/mol. The van der Waals surface area contributed by atoms with E-state index < -0.39 is 0 Å². The van der Waals surface area contributed by atoms with Crippen LogP contribution in [0, 0.1) is 0 Å². The first-order valence-corrected chi connectivity index (χ1v) is 10.7. The highest BCUT2D eigenvalue weighted by molar-refractivity contribution is 14.0. The molecule has 0 bridgehead atoms. The van der Waals surface area contributed by atoms with E-state index in [1.165, 1.54) is 18.6 Å². The number of carbonyl (C=O) groups excluding carboxylic acids is 1. The number of carbonyl (C=O) groups is 1. The number of hydrogen-bond donors (Lipinski definition) is 2. The Morgan fingerprint density at radius 2 is 2.00 bits per heavy atom. The van der Waals surface area contributed by atoms with E-state index in [0.717, 1.165) is 31.5 Å². The summed E-state index contributed by atoms with van der Waals surface area (Å²) < 4.78 is 0. The minimum Gasteiger partial charge on any atom is -0.356 e. The largest absolute Gasteiger partial charge is 0.356 e. The van der Waals surface area contributed by atoms with Crippen molar-refractivity contribution in [3.8, 4) is 0 Å². The normalized spacial score (nSPS) is 19.9. The predicted molar refractivity (Wildman–Crippen MR) is 126 cm³/mol. The Labute approximate surface area is 188 Å². The molecule has 156 valence electrons. The number of thioether (sulfide) groups is 1. The lowest BCUT2D eigenvalue weighted by atomic mass is 10.2. The molecule has 8 nitrogen and oxygen atoms in total. The fourth-order valence-electron chi connectivity index (χ4n) is 3.29. The first-order valence-electron chi connectivity index (χ1n) is 9.62. The second-order valence-electron chi connectivity index (χ2n) is 6.68. The number of anilines is 1. The SMILES string of the molecule is CN=C(NCCC(=O)N1CCN(c2ncccn2)CC1)NCC1CCCS1.I. The molecule has 1 amide bonds. The van der Waals surface area contributed by atoms with Crippen molar-refractivity contribution in [1.29, 1.82) is 0 Å². The second-order valence-corrected chi connectivity index (χ2v) is 8.09. The molecule has 0 spiro atoms. The number of rotatable bonds is 6. The van der Waals surface area contributed by atoms with Crippen LogP contribution in [-0.4, -0.2) is 84.1 Å². The first-order chi connectivity index (χ1) is 13.3. The molecule has 0 radical (unpaired) electrons. The summed E-state index contributed by atoms with van der Waals surface area (Å²) in [5.41, 5.74) is 0. The van der Waals surface area contributed by atoms with Gasteiger partial charge in [-0.2, -0.15) is 11.8 Å². The average Bonchev–Trinajstić information content (AvgIpc) is 3.25. The van der Waals surface area contributed by atoms with Crippen molar-refractivity contribution >= 4 is 53.6 Å². The van der Waals surface area contributed by atoms with Crippen LogP contribution in [0.4, 0.5) is 5.95 Å². The molecule has 1 atom stereocenters. The summed E-state index contributed by atoms with van der Waals surface area (Å²) >= 11 is 2.02. The van der Waals surface area contributed by atoms with Crippen LogP contribution in [0.1, 0.15) is 19.3 Å². The van der Waals surface area contributed by atoms with E-state index in [9.17, 15) is 4.79 Å². The van der Waals surface area contributed by atoms with E-state index in [-0.39, 0.29) is 29.9 Å². The van der Waals surface area contributed by atoms with E-state index in [1.54, 1.807) is 19.4 Å². The van der Waals surface area contributed by atoms with Gasteiger partial charge in [0.05, 0.1) is 0 Å². The number of nitrogens with one attached hydrogen (secondary N) is 2. The molecule has 2 fully saturated rings. The predicted octanol–water partition coefficient (Wildman–Crippen LogP) is 1.19. The Hall–Kier alpha value is -1.30. The molecule has 1 unspecified atom stereocenters. The van der Waals surface area contributed by atoms with E-state index >= 15 is 0 Å². The first kappa shape index (κ1) is 23.0. The van der Waals surface area contributed by atoms with Gasteiger partial charge in [0.15, 0.2) is 5.96 Å². The molecule has 0 aromatic carbocycles. The van der Waals surface area contributed by atoms with Crippen LogP contribution >= 0.6 is 35.7 Å². The lowest BCUT2D eigenvalue weighted by Crippen LogP contribution is -2.50. The van der Waals surface area contributed by atoms with Crippen LogP contribution in [-0.2, 0) is 4.79 Å². The number of aliphatic imine (C=N–C) groups is 1. The van der Waals surface area contributed by atoms with E-state index in [2.05, 4.69) is 30.5 Å². The molecule has 3 heterocycles. The molecule has 28 heavy (non-hydrogen) atoms. The Bertz CT molecular complexity index is 620. The van der Waals surface area contributed by atoms with Crippen molar-refractivity contribution < 1.29 is 4.79 Å². The van der Waals surface area contributed by atoms with E-state index in [1.807, 2.05) is 22.7 Å². The highest BCUT2D eigenvalue weighted by Crippen LogP contribution is 2.25. The molecule has 3 rings (SSSR count). The van der Waals surface area contributed by atoms with Crippen LogP contribution < -0.4 is 15.5 Å². The lowest BCUT2D eigenvalue weighted by molar-refractivity contribution is -0.131. The van der Waals surface area contributed by atoms with E-state index in [4.69, 9.17) is 0 Å². The smallest absolute Gasteiger partial charge is 0.225 e. The third kappa shape index (κ3) is 6.94. The van der Waals surface area contributed by atoms with Crippen molar-refractivity contribution in [2.45, 2.75) is 24.5 Å². The maximum Gasteiger partial charge on any atom is 0.225 e. The van der Waals surface area contributed by atoms with Crippen molar-refractivity contribution in [2.75, 3.05) is 57.0 Å². The molecule has 0 aliphatic carbocycles. The minimum atomic E-state index is 0. The summed E-state index contributed by atoms with van der Waals surface area (Å²) in [6, 6.07) is 1.81. The number of nitrogens with zero attached hydrogens (tertiary/aromatic N) is 5. The topological polar surface area (TPSA) is 85.8 Å². The molecule has 1 aromatic rings. The van der Waals surface area contributed by atoms with Gasteiger partial charge in [0.1, 0.15) is 0 Å². The van der Waals surface area contributed by atoms with Crippen LogP contribution in [0.15, 0.2) is 23.5 Å². The zero-order chi connectivity index (χ0) is 18.9. The quantitative estimate of drug-likeness (QED) is 0.332. The van der Waals surface area contributed by atoms with Gasteiger partial charge in [-0.25, -0.2) is 9.97 Å². The highest BCUT2D eigenvalue weighted by Gasteiger charge is 2.22. The van der Waals surface area contributed by atoms with Gasteiger partial charge in [-0.1, -0.05) is 0 Å². The molecule has 2 aliphatic rings. The molecular formula is C18H30IN7OS. The number of aromatic nitrogens is 2. The highest BCUT2D eigenvalue weighted by atomic mass is 127. The Kier molecular flexibility index (Phi) is 10.1. The summed E-state index contributed by atoms with van der Waals surface area (Å²) in [4.78, 5) is 29.3. The summed E-state index contributed by atoms with van der Waals surface area (Å²) in [5, 5.41) is 7.29. The molecule has 0 saturated carbocycles. The zero-order valence-electron chi connectivity index (χ0n) is 16.3. The Balaban J connectivity index is 0.00000280. The van der Waals surface area contributed by atoms with Gasteiger partial charge >= 0.3 is 0 Å². The minimum absolute atomic E-state index is 0. The summed E-state index contributed by atoms with van der Waals surface area (Å²) in [5.74, 6) is 2.96. The summed E-state index contributed by atoms with van der Waals surface area (Å²) in [6.45, 7) is 4.49. The lowest BCUT2D eigenvalue weighted by Gasteiger charge is -2.34. The summed E-state index contributed by atoms with van der Waals surface area (Å²) in [7, 11) is 1.77. The number of amides is 1. The molecular weight excluding hydrogens is 489 g/mol. The van der Waals surface area contributed by atoms with Crippen molar-refractivity contribution in [3.05, 3.63) is 18.5 Å². The number of guanidine groups is 1. The van der Waals surface area contributed by atoms with Gasteiger partial charge in [0.2, 0.25) is 11.9 Å². The third-order valence-electron chi connectivity index (χ3n) is 4.84. The zero-order valence-corrected chi connectivity index (χ0v) is 19.5. The van der Waals surface area contributed by atoms with Crippen LogP contribution in [0.25, 0.3) is 0 Å². The van der Waals surface area contributed by atoms with Crippen molar-refractivity contribution in [2.24, 2.45) is 4.99 Å². The van der Waals surface area contributed by atoms with Crippen LogP contribution in [0.3, 0.4) is 0 Å². The second kappa shape index (κ2) is 12.3. The molecule has 1 aromatic heterocycles. The fraction of sp³-hybridized carbons (Fsp3) is 0.667. The number of piperazine rings is 1. The van der Waals surface area contributed by atoms with Gasteiger partial charge < -0.3 is 20.4 Å². The van der Waals surface area contributed by atoms with Crippen LogP contribution in [0.5, 0.6) is 0 Å². The Morgan fingerprint density at radius 3 is 2.64 bits per heavy atom. The van der Waals surface area contributed by atoms with Gasteiger partial charge in [-0.05, 0) is 24.7 Å². The molecule has 2 saturated heterocycles. The standard InChI is InChI=1S/C18H29N7OS.HI/c1-19-17(23-14-15-4-2-13-27-15)20-8-5-16(26)24-9-11-25(12-10-24)18-21-6-3-7-22-18;/h3,6-7,15H,2,4-5,8-14H2,1H3,(H2,19,20,23);1H. The van der Waals surface area contributed by atoms with Gasteiger partial charge in [-0.15, -0.1) is 24.0 Å². The maximum absolute atomic E-state index is 12.5. The van der Waals surface area contributed by atoms with Gasteiger partial charge in [-0.3, -0.25) is 9.79 Å². The number of hydrogen-bond acceptors (Lipinski definition) is 6. The molecule has 2 aliphatic heterocycles. The maximum atomic E-state index is 12.5.